The van der Waals surface area contributed by atoms with E-state index in [0.717, 1.165) is 0 Å². The standard InChI is InChI=1S/C12H14/c1-4-5-11(3)12-8-6-10(2)7-9-12/h5-9,11H,1H2,2-3H3. The van der Waals surface area contributed by atoms with E-state index in [9.17, 15) is 0 Å². The largest absolute Gasteiger partial charge is 0.132 e. The van der Waals surface area contributed by atoms with Crippen LogP contribution >= 0.6 is 0 Å². The molecule has 0 heteroatoms. The van der Waals surface area contributed by atoms with Crippen LogP contribution in [-0.2, 0) is 0 Å². The zero-order chi connectivity index (χ0) is 8.97. The van der Waals surface area contributed by atoms with Crippen LogP contribution in [0, 0.1) is 6.92 Å². The van der Waals surface area contributed by atoms with Gasteiger partial charge in [-0.2, -0.15) is 0 Å². The van der Waals surface area contributed by atoms with Gasteiger partial charge in [-0.3, -0.25) is 0 Å². The molecule has 0 fully saturated rings. The zero-order valence-corrected chi connectivity index (χ0v) is 7.67. The Morgan fingerprint density at radius 3 is 2.42 bits per heavy atom. The highest BCUT2D eigenvalue weighted by molar-refractivity contribution is 5.26. The van der Waals surface area contributed by atoms with Crippen LogP contribution in [0.15, 0.2) is 42.7 Å². The Labute approximate surface area is 74.2 Å². The van der Waals surface area contributed by atoms with Gasteiger partial charge < -0.3 is 0 Å². The maximum absolute atomic E-state index is 3.56. The average molecular weight is 158 g/mol. The Balaban J connectivity index is 2.89. The molecule has 0 aliphatic rings. The normalized spacial score (nSPS) is 11.8. The lowest BCUT2D eigenvalue weighted by molar-refractivity contribution is 0.968. The third kappa shape index (κ3) is 2.11. The molecule has 1 atom stereocenters. The molecular weight excluding hydrogens is 144 g/mol. The van der Waals surface area contributed by atoms with Crippen LogP contribution < -0.4 is 0 Å². The van der Waals surface area contributed by atoms with E-state index in [1.807, 2.05) is 6.08 Å². The van der Waals surface area contributed by atoms with Gasteiger partial charge in [0.25, 0.3) is 0 Å². The molecule has 62 valence electrons. The summed E-state index contributed by atoms with van der Waals surface area (Å²) in [5, 5.41) is 0. The van der Waals surface area contributed by atoms with Gasteiger partial charge >= 0.3 is 0 Å². The molecular formula is C12H14. The van der Waals surface area contributed by atoms with E-state index in [0.29, 0.717) is 5.92 Å². The summed E-state index contributed by atoms with van der Waals surface area (Å²) in [5.41, 5.74) is 5.42. The summed E-state index contributed by atoms with van der Waals surface area (Å²) in [6.45, 7) is 7.80. The molecule has 0 saturated heterocycles. The van der Waals surface area contributed by atoms with Gasteiger partial charge in [-0.05, 0) is 18.6 Å². The minimum Gasteiger partial charge on any atom is -0.132 e. The highest BCUT2D eigenvalue weighted by Crippen LogP contribution is 2.16. The summed E-state index contributed by atoms with van der Waals surface area (Å²) in [7, 11) is 0. The van der Waals surface area contributed by atoms with E-state index < -0.39 is 0 Å². The molecule has 0 bridgehead atoms. The predicted molar refractivity (Wildman–Crippen MR) is 53.3 cm³/mol. The second-order valence-electron chi connectivity index (χ2n) is 3.07. The quantitative estimate of drug-likeness (QED) is 0.578. The van der Waals surface area contributed by atoms with Crippen molar-refractivity contribution in [1.82, 2.24) is 0 Å². The molecule has 1 unspecified atom stereocenters. The van der Waals surface area contributed by atoms with Crippen molar-refractivity contribution < 1.29 is 0 Å². The molecule has 1 aromatic carbocycles. The molecule has 0 aliphatic carbocycles. The van der Waals surface area contributed by atoms with E-state index >= 15 is 0 Å². The highest BCUT2D eigenvalue weighted by Gasteiger charge is 1.98. The van der Waals surface area contributed by atoms with Crippen molar-refractivity contribution in [3.05, 3.63) is 53.8 Å². The minimum absolute atomic E-state index is 0.420. The van der Waals surface area contributed by atoms with Gasteiger partial charge in [-0.25, -0.2) is 0 Å². The molecule has 0 N–H and O–H groups in total. The van der Waals surface area contributed by atoms with Crippen LogP contribution in [0.4, 0.5) is 0 Å². The van der Waals surface area contributed by atoms with E-state index in [2.05, 4.69) is 50.4 Å². The molecule has 12 heavy (non-hydrogen) atoms. The van der Waals surface area contributed by atoms with Crippen LogP contribution in [0.2, 0.25) is 0 Å². The summed E-state index contributed by atoms with van der Waals surface area (Å²) in [5.74, 6) is 0.420. The Hall–Kier alpha value is -1.26. The lowest BCUT2D eigenvalue weighted by Crippen LogP contribution is -1.87. The second kappa shape index (κ2) is 3.94. The zero-order valence-electron chi connectivity index (χ0n) is 7.67. The smallest absolute Gasteiger partial charge is 0.00653 e. The van der Waals surface area contributed by atoms with Crippen LogP contribution in [0.1, 0.15) is 24.0 Å². The minimum atomic E-state index is 0.420. The highest BCUT2D eigenvalue weighted by atomic mass is 14.0. The number of hydrogen-bond acceptors (Lipinski definition) is 0. The van der Waals surface area contributed by atoms with Crippen LogP contribution in [0.3, 0.4) is 0 Å². The van der Waals surface area contributed by atoms with Crippen LogP contribution in [-0.4, -0.2) is 0 Å². The second-order valence-corrected chi connectivity index (χ2v) is 3.07. The first-order valence-corrected chi connectivity index (χ1v) is 4.16. The summed E-state index contributed by atoms with van der Waals surface area (Å²) in [4.78, 5) is 0. The first-order valence-electron chi connectivity index (χ1n) is 4.16. The fraction of sp³-hybridized carbons (Fsp3) is 0.250. The Kier molecular flexibility index (Phi) is 2.90. The van der Waals surface area contributed by atoms with Crippen molar-refractivity contribution in [2.45, 2.75) is 19.8 Å². The number of allylic oxidation sites excluding steroid dienone is 1. The molecule has 0 nitrogen and oxygen atoms in total. The number of hydrogen-bond donors (Lipinski definition) is 0. The lowest BCUT2D eigenvalue weighted by atomic mass is 10.0. The predicted octanol–water partition coefficient (Wildman–Crippen LogP) is 3.44. The van der Waals surface area contributed by atoms with Crippen molar-refractivity contribution in [1.29, 1.82) is 0 Å². The molecule has 1 aromatic rings. The van der Waals surface area contributed by atoms with Gasteiger partial charge in [-0.15, -0.1) is 5.73 Å². The van der Waals surface area contributed by atoms with Crippen molar-refractivity contribution in [2.24, 2.45) is 0 Å². The van der Waals surface area contributed by atoms with Crippen molar-refractivity contribution in [2.75, 3.05) is 0 Å². The molecule has 0 radical (unpaired) electrons. The maximum atomic E-state index is 3.56. The van der Waals surface area contributed by atoms with Gasteiger partial charge in [0, 0.05) is 5.92 Å². The van der Waals surface area contributed by atoms with E-state index in [4.69, 9.17) is 0 Å². The van der Waals surface area contributed by atoms with Gasteiger partial charge in [0.15, 0.2) is 0 Å². The Morgan fingerprint density at radius 1 is 1.33 bits per heavy atom. The molecule has 0 heterocycles. The summed E-state index contributed by atoms with van der Waals surface area (Å²) < 4.78 is 0. The number of aryl methyl sites for hydroxylation is 1. The Bertz CT molecular complexity index is 286. The monoisotopic (exact) mass is 158 g/mol. The van der Waals surface area contributed by atoms with Gasteiger partial charge in [0.2, 0.25) is 0 Å². The molecule has 0 spiro atoms. The third-order valence-corrected chi connectivity index (χ3v) is 1.97. The number of benzene rings is 1. The van der Waals surface area contributed by atoms with Crippen molar-refractivity contribution in [3.8, 4) is 0 Å². The van der Waals surface area contributed by atoms with E-state index in [1.165, 1.54) is 11.1 Å². The topological polar surface area (TPSA) is 0 Å². The maximum Gasteiger partial charge on any atom is 0.00653 e. The fourth-order valence-electron chi connectivity index (χ4n) is 1.14. The average Bonchev–Trinajstić information content (AvgIpc) is 2.06. The molecule has 0 saturated carbocycles. The van der Waals surface area contributed by atoms with Crippen LogP contribution in [0.5, 0.6) is 0 Å². The summed E-state index contributed by atoms with van der Waals surface area (Å²) in [6.07, 6.45) is 1.98. The van der Waals surface area contributed by atoms with Gasteiger partial charge in [-0.1, -0.05) is 43.3 Å². The first-order chi connectivity index (χ1) is 5.74. The van der Waals surface area contributed by atoms with Crippen molar-refractivity contribution >= 4 is 0 Å². The first kappa shape index (κ1) is 8.83. The molecule has 1 rings (SSSR count). The van der Waals surface area contributed by atoms with Crippen LogP contribution in [0.25, 0.3) is 0 Å². The van der Waals surface area contributed by atoms with Gasteiger partial charge in [0.05, 0.1) is 0 Å². The molecule has 0 amide bonds. The van der Waals surface area contributed by atoms with E-state index in [1.54, 1.807) is 0 Å². The number of rotatable bonds is 2. The molecule has 0 aromatic heterocycles. The van der Waals surface area contributed by atoms with Crippen molar-refractivity contribution in [3.63, 3.8) is 0 Å². The summed E-state index contributed by atoms with van der Waals surface area (Å²) >= 11 is 0. The summed E-state index contributed by atoms with van der Waals surface area (Å²) in [6, 6.07) is 8.55. The molecule has 0 aliphatic heterocycles. The van der Waals surface area contributed by atoms with E-state index in [-0.39, 0.29) is 0 Å². The Morgan fingerprint density at radius 2 is 1.92 bits per heavy atom. The lowest BCUT2D eigenvalue weighted by Gasteiger charge is -2.04. The fourth-order valence-corrected chi connectivity index (χ4v) is 1.14. The third-order valence-electron chi connectivity index (χ3n) is 1.97. The SMILES string of the molecule is C=C=CC(C)c1ccc(C)cc1. The van der Waals surface area contributed by atoms with Gasteiger partial charge in [0.1, 0.15) is 0 Å².